The van der Waals surface area contributed by atoms with Crippen LogP contribution < -0.4 is 24.8 Å². The fourth-order valence-electron chi connectivity index (χ4n) is 4.80. The second-order valence-electron chi connectivity index (χ2n) is 10.1. The maximum Gasteiger partial charge on any atom is 0.255 e. The first kappa shape index (κ1) is 30.3. The van der Waals surface area contributed by atoms with Crippen LogP contribution in [0.4, 0.5) is 11.6 Å². The van der Waals surface area contributed by atoms with Gasteiger partial charge in [0.2, 0.25) is 11.1 Å². The number of amides is 1. The number of para-hydroxylation sites is 2. The first-order valence-corrected chi connectivity index (χ1v) is 15.3. The Morgan fingerprint density at radius 3 is 2.60 bits per heavy atom. The summed E-state index contributed by atoms with van der Waals surface area (Å²) in [6.07, 6.45) is -0.0344. The van der Waals surface area contributed by atoms with Gasteiger partial charge in [-0.25, -0.2) is 4.68 Å². The van der Waals surface area contributed by atoms with Gasteiger partial charge >= 0.3 is 0 Å². The predicted molar refractivity (Wildman–Crippen MR) is 170 cm³/mol. The molecule has 43 heavy (non-hydrogen) atoms. The Hall–Kier alpha value is -4.15. The van der Waals surface area contributed by atoms with Gasteiger partial charge in [-0.1, -0.05) is 59.8 Å². The minimum absolute atomic E-state index is 0.0344. The van der Waals surface area contributed by atoms with Crippen molar-refractivity contribution in [2.45, 2.75) is 50.8 Å². The lowest BCUT2D eigenvalue weighted by atomic mass is 9.94. The number of carbonyl (C=O) groups excluding carboxylic acids is 1. The Morgan fingerprint density at radius 1 is 1.09 bits per heavy atom. The van der Waals surface area contributed by atoms with Gasteiger partial charge in [-0.05, 0) is 69.2 Å². The standard InChI is InChI=1S/C32H34ClN5O4S/c1-6-41-27-17-21(15-16-26(27)42-19(2)3)29-28(30(39)35-24-13-9-10-14-25(24)40-5)20(4)34-31-36-32(37-38(29)31)43-18-22-11-7-8-12-23(22)33/h7-17,19,29H,6,18H2,1-5H3,(H,35,39)(H,34,36,37). The quantitative estimate of drug-likeness (QED) is 0.168. The van der Waals surface area contributed by atoms with Crippen molar-refractivity contribution in [1.82, 2.24) is 14.8 Å². The first-order valence-electron chi connectivity index (χ1n) is 14.0. The molecule has 1 atom stereocenters. The molecule has 1 aliphatic rings. The molecule has 11 heteroatoms. The van der Waals surface area contributed by atoms with Crippen molar-refractivity contribution < 1.29 is 19.0 Å². The molecule has 4 aromatic rings. The van der Waals surface area contributed by atoms with Crippen LogP contribution in [0.5, 0.6) is 17.2 Å². The summed E-state index contributed by atoms with van der Waals surface area (Å²) in [5, 5.41) is 12.4. The van der Waals surface area contributed by atoms with Gasteiger partial charge in [0.05, 0.1) is 31.1 Å². The average molecular weight is 620 g/mol. The molecule has 1 amide bonds. The Bertz CT molecular complexity index is 1650. The first-order chi connectivity index (χ1) is 20.8. The number of methoxy groups -OCH3 is 1. The number of ether oxygens (including phenoxy) is 3. The third-order valence-electron chi connectivity index (χ3n) is 6.69. The van der Waals surface area contributed by atoms with E-state index in [1.807, 2.05) is 82.3 Å². The summed E-state index contributed by atoms with van der Waals surface area (Å²) in [6.45, 7) is 8.17. The van der Waals surface area contributed by atoms with E-state index < -0.39 is 6.04 Å². The maximum atomic E-state index is 14.0. The van der Waals surface area contributed by atoms with Gasteiger partial charge in [0.25, 0.3) is 5.91 Å². The van der Waals surface area contributed by atoms with E-state index in [1.165, 1.54) is 11.8 Å². The van der Waals surface area contributed by atoms with Gasteiger partial charge in [-0.15, -0.1) is 5.10 Å². The van der Waals surface area contributed by atoms with E-state index in [2.05, 4.69) is 10.6 Å². The molecule has 2 heterocycles. The fraction of sp³-hybridized carbons (Fsp3) is 0.281. The number of benzene rings is 3. The van der Waals surface area contributed by atoms with E-state index in [9.17, 15) is 4.79 Å². The molecular formula is C32H34ClN5O4S. The smallest absolute Gasteiger partial charge is 0.255 e. The minimum atomic E-state index is -0.611. The van der Waals surface area contributed by atoms with Gasteiger partial charge in [0.15, 0.2) is 11.5 Å². The number of nitrogens with zero attached hydrogens (tertiary/aromatic N) is 3. The van der Waals surface area contributed by atoms with Crippen LogP contribution in [0.1, 0.15) is 44.9 Å². The number of allylic oxidation sites excluding steroid dienone is 1. The fourth-order valence-corrected chi connectivity index (χ4v) is 5.92. The zero-order chi connectivity index (χ0) is 30.5. The molecule has 0 bridgehead atoms. The van der Waals surface area contributed by atoms with E-state index in [-0.39, 0.29) is 12.0 Å². The SMILES string of the molecule is CCOc1cc(C2C(C(=O)Nc3ccccc3OC)=C(C)Nc3nc(SCc4ccccc4Cl)nn32)ccc1OC(C)C. The van der Waals surface area contributed by atoms with Crippen LogP contribution in [0, 0.1) is 0 Å². The van der Waals surface area contributed by atoms with E-state index in [1.54, 1.807) is 23.9 Å². The number of carbonyl (C=O) groups is 1. The van der Waals surface area contributed by atoms with Gasteiger partial charge in [-0.3, -0.25) is 4.79 Å². The zero-order valence-corrected chi connectivity index (χ0v) is 26.3. The van der Waals surface area contributed by atoms with E-state index in [0.29, 0.717) is 62.7 Å². The number of halogens is 1. The average Bonchev–Trinajstić information content (AvgIpc) is 3.39. The summed E-state index contributed by atoms with van der Waals surface area (Å²) in [5.74, 6) is 2.60. The van der Waals surface area contributed by atoms with Gasteiger partial charge in [0, 0.05) is 16.5 Å². The lowest BCUT2D eigenvalue weighted by Gasteiger charge is -2.29. The Balaban J connectivity index is 1.56. The topological polar surface area (TPSA) is 99.5 Å². The highest BCUT2D eigenvalue weighted by Gasteiger charge is 2.35. The number of anilines is 2. The summed E-state index contributed by atoms with van der Waals surface area (Å²) in [7, 11) is 1.57. The molecule has 0 aliphatic carbocycles. The number of thioether (sulfide) groups is 1. The summed E-state index contributed by atoms with van der Waals surface area (Å²) in [5.41, 5.74) is 3.47. The number of hydrogen-bond donors (Lipinski definition) is 2. The van der Waals surface area contributed by atoms with Crippen molar-refractivity contribution in [3.8, 4) is 17.2 Å². The summed E-state index contributed by atoms with van der Waals surface area (Å²) in [6, 6.07) is 20.1. The molecule has 1 aromatic heterocycles. The highest BCUT2D eigenvalue weighted by atomic mass is 35.5. The van der Waals surface area contributed by atoms with Gasteiger partial charge in [-0.2, -0.15) is 4.98 Å². The normalized spacial score (nSPS) is 14.3. The van der Waals surface area contributed by atoms with Crippen molar-refractivity contribution in [3.05, 3.63) is 94.1 Å². The van der Waals surface area contributed by atoms with E-state index >= 15 is 0 Å². The van der Waals surface area contributed by atoms with Gasteiger partial charge < -0.3 is 24.8 Å². The van der Waals surface area contributed by atoms with Crippen molar-refractivity contribution in [1.29, 1.82) is 0 Å². The van der Waals surface area contributed by atoms with Crippen LogP contribution in [0.25, 0.3) is 0 Å². The van der Waals surface area contributed by atoms with Crippen LogP contribution in [0.15, 0.2) is 83.2 Å². The highest BCUT2D eigenvalue weighted by molar-refractivity contribution is 7.98. The zero-order valence-electron chi connectivity index (χ0n) is 24.7. The maximum absolute atomic E-state index is 14.0. The molecular weight excluding hydrogens is 586 g/mol. The monoisotopic (exact) mass is 619 g/mol. The van der Waals surface area contributed by atoms with Crippen LogP contribution in [0.3, 0.4) is 0 Å². The molecule has 0 saturated carbocycles. The molecule has 5 rings (SSSR count). The van der Waals surface area contributed by atoms with Crippen molar-refractivity contribution in [3.63, 3.8) is 0 Å². The molecule has 1 aliphatic heterocycles. The Kier molecular flexibility index (Phi) is 9.47. The molecule has 0 saturated heterocycles. The van der Waals surface area contributed by atoms with Crippen LogP contribution in [0.2, 0.25) is 5.02 Å². The van der Waals surface area contributed by atoms with E-state index in [4.69, 9.17) is 35.9 Å². The van der Waals surface area contributed by atoms with Crippen LogP contribution in [-0.2, 0) is 10.5 Å². The van der Waals surface area contributed by atoms with Crippen molar-refractivity contribution in [2.24, 2.45) is 0 Å². The van der Waals surface area contributed by atoms with Crippen LogP contribution in [-0.4, -0.2) is 40.5 Å². The van der Waals surface area contributed by atoms with Crippen molar-refractivity contribution >= 4 is 40.9 Å². The minimum Gasteiger partial charge on any atom is -0.495 e. The largest absolute Gasteiger partial charge is 0.495 e. The predicted octanol–water partition coefficient (Wildman–Crippen LogP) is 7.35. The molecule has 3 aromatic carbocycles. The summed E-state index contributed by atoms with van der Waals surface area (Å²) < 4.78 is 19.2. The molecule has 0 spiro atoms. The number of rotatable bonds is 11. The summed E-state index contributed by atoms with van der Waals surface area (Å²) >= 11 is 7.86. The second kappa shape index (κ2) is 13.4. The van der Waals surface area contributed by atoms with E-state index in [0.717, 1.165) is 11.1 Å². The molecule has 0 radical (unpaired) electrons. The Labute approximate surface area is 260 Å². The number of hydrogen-bond acceptors (Lipinski definition) is 8. The number of aromatic nitrogens is 3. The lowest BCUT2D eigenvalue weighted by molar-refractivity contribution is -0.113. The third-order valence-corrected chi connectivity index (χ3v) is 7.95. The third kappa shape index (κ3) is 6.76. The lowest BCUT2D eigenvalue weighted by Crippen LogP contribution is -2.31. The molecule has 224 valence electrons. The second-order valence-corrected chi connectivity index (χ2v) is 11.4. The van der Waals surface area contributed by atoms with Crippen LogP contribution >= 0.6 is 23.4 Å². The number of nitrogens with one attached hydrogen (secondary N) is 2. The summed E-state index contributed by atoms with van der Waals surface area (Å²) in [4.78, 5) is 18.8. The molecule has 9 nitrogen and oxygen atoms in total. The van der Waals surface area contributed by atoms with Crippen molar-refractivity contribution in [2.75, 3.05) is 24.4 Å². The van der Waals surface area contributed by atoms with Gasteiger partial charge in [0.1, 0.15) is 11.8 Å². The number of fused-ring (bicyclic) bond motifs is 1. The molecule has 0 fully saturated rings. The Morgan fingerprint density at radius 2 is 1.86 bits per heavy atom. The molecule has 2 N–H and O–H groups in total. The highest BCUT2D eigenvalue weighted by Crippen LogP contribution is 2.41. The molecule has 1 unspecified atom stereocenters.